The molecular weight excluding hydrogens is 416 g/mol. The number of H-pyrrole nitrogens is 1. The van der Waals surface area contributed by atoms with Crippen LogP contribution in [0.25, 0.3) is 10.9 Å². The molecule has 33 heavy (non-hydrogen) atoms. The monoisotopic (exact) mass is 442 g/mol. The second-order valence-electron chi connectivity index (χ2n) is 7.73. The Kier molecular flexibility index (Phi) is 6.59. The number of urea groups is 1. The van der Waals surface area contributed by atoms with Gasteiger partial charge in [-0.05, 0) is 54.4 Å². The molecule has 1 atom stereocenters. The highest BCUT2D eigenvalue weighted by atomic mass is 16.5. The topological polar surface area (TPSA) is 95.2 Å². The minimum atomic E-state index is -0.320. The lowest BCUT2D eigenvalue weighted by Gasteiger charge is -2.16. The van der Waals surface area contributed by atoms with E-state index in [2.05, 4.69) is 20.9 Å². The number of ether oxygens (including phenoxy) is 1. The molecule has 3 aromatic carbocycles. The van der Waals surface area contributed by atoms with E-state index < -0.39 is 0 Å². The molecule has 4 N–H and O–H groups in total. The molecule has 0 aliphatic rings. The highest BCUT2D eigenvalue weighted by molar-refractivity contribution is 5.99. The zero-order valence-corrected chi connectivity index (χ0v) is 18.5. The number of benzene rings is 3. The number of carbonyl (C=O) groups is 2. The molecule has 0 fully saturated rings. The van der Waals surface area contributed by atoms with E-state index >= 15 is 0 Å². The van der Waals surface area contributed by atoms with Gasteiger partial charge < -0.3 is 25.7 Å². The maximum absolute atomic E-state index is 12.6. The molecule has 3 amide bonds. The van der Waals surface area contributed by atoms with E-state index in [4.69, 9.17) is 4.74 Å². The second kappa shape index (κ2) is 9.91. The van der Waals surface area contributed by atoms with Crippen molar-refractivity contribution < 1.29 is 14.3 Å². The van der Waals surface area contributed by atoms with Crippen LogP contribution >= 0.6 is 0 Å². The molecule has 4 aromatic rings. The van der Waals surface area contributed by atoms with Crippen molar-refractivity contribution in [2.45, 2.75) is 19.6 Å². The van der Waals surface area contributed by atoms with Crippen LogP contribution in [-0.4, -0.2) is 24.0 Å². The van der Waals surface area contributed by atoms with E-state index in [-0.39, 0.29) is 18.0 Å². The number of amides is 3. The first-order valence-electron chi connectivity index (χ1n) is 10.7. The Morgan fingerprint density at radius 1 is 0.970 bits per heavy atom. The number of aromatic amines is 1. The molecule has 0 saturated carbocycles. The number of hydrogen-bond acceptors (Lipinski definition) is 3. The summed E-state index contributed by atoms with van der Waals surface area (Å²) in [5, 5.41) is 9.22. The van der Waals surface area contributed by atoms with Crippen LogP contribution in [0, 0.1) is 0 Å². The third-order valence-corrected chi connectivity index (χ3v) is 5.30. The van der Waals surface area contributed by atoms with Gasteiger partial charge in [0, 0.05) is 23.6 Å². The molecule has 0 unspecified atom stereocenters. The van der Waals surface area contributed by atoms with Crippen molar-refractivity contribution in [1.29, 1.82) is 0 Å². The van der Waals surface area contributed by atoms with Gasteiger partial charge in [0.2, 0.25) is 0 Å². The first kappa shape index (κ1) is 22.0. The van der Waals surface area contributed by atoms with E-state index in [0.29, 0.717) is 18.0 Å². The van der Waals surface area contributed by atoms with E-state index in [9.17, 15) is 9.59 Å². The highest BCUT2D eigenvalue weighted by Crippen LogP contribution is 2.22. The van der Waals surface area contributed by atoms with Crippen LogP contribution in [0.1, 0.15) is 34.6 Å². The molecule has 168 valence electrons. The summed E-state index contributed by atoms with van der Waals surface area (Å²) < 4.78 is 5.89. The first-order chi connectivity index (χ1) is 16.0. The Balaban J connectivity index is 1.36. The molecule has 0 radical (unpaired) electrons. The fraction of sp³-hybridized carbons (Fsp3) is 0.154. The van der Waals surface area contributed by atoms with Crippen LogP contribution in [-0.2, 0) is 6.61 Å². The summed E-state index contributed by atoms with van der Waals surface area (Å²) in [5.74, 6) is 0.553. The second-order valence-corrected chi connectivity index (χ2v) is 7.73. The molecular formula is C26H26N4O3. The van der Waals surface area contributed by atoms with Crippen molar-refractivity contribution in [3.8, 4) is 5.75 Å². The molecule has 7 heteroatoms. The normalized spacial score (nSPS) is 11.6. The van der Waals surface area contributed by atoms with Crippen LogP contribution < -0.4 is 20.7 Å². The van der Waals surface area contributed by atoms with Gasteiger partial charge in [-0.15, -0.1) is 0 Å². The van der Waals surface area contributed by atoms with Crippen molar-refractivity contribution in [2.24, 2.45) is 0 Å². The quantitative estimate of drug-likeness (QED) is 0.325. The smallest absolute Gasteiger partial charge is 0.319 e. The van der Waals surface area contributed by atoms with Crippen molar-refractivity contribution in [3.05, 3.63) is 95.7 Å². The van der Waals surface area contributed by atoms with Gasteiger partial charge in [0.15, 0.2) is 0 Å². The molecule has 0 saturated heterocycles. The summed E-state index contributed by atoms with van der Waals surface area (Å²) in [6.45, 7) is 2.40. The molecule has 0 aliphatic heterocycles. The maximum Gasteiger partial charge on any atom is 0.319 e. The van der Waals surface area contributed by atoms with Crippen molar-refractivity contribution in [3.63, 3.8) is 0 Å². The average Bonchev–Trinajstić information content (AvgIpc) is 3.26. The summed E-state index contributed by atoms with van der Waals surface area (Å²) >= 11 is 0. The van der Waals surface area contributed by atoms with Gasteiger partial charge in [-0.3, -0.25) is 4.79 Å². The predicted octanol–water partition coefficient (Wildman–Crippen LogP) is 4.99. The van der Waals surface area contributed by atoms with Crippen molar-refractivity contribution >= 4 is 28.5 Å². The third-order valence-electron chi connectivity index (χ3n) is 5.30. The van der Waals surface area contributed by atoms with Crippen molar-refractivity contribution in [2.75, 3.05) is 12.4 Å². The molecule has 4 rings (SSSR count). The molecule has 0 aliphatic carbocycles. The molecule has 0 spiro atoms. The van der Waals surface area contributed by atoms with Gasteiger partial charge in [-0.25, -0.2) is 4.79 Å². The van der Waals surface area contributed by atoms with E-state index in [1.54, 1.807) is 19.2 Å². The lowest BCUT2D eigenvalue weighted by Crippen LogP contribution is -2.31. The SMILES string of the molecule is CNC(=O)c1cc2cc(NC(=O)N[C@H](C)c3cccc(OCc4ccccc4)c3)ccc2[nH]1. The molecule has 1 aromatic heterocycles. The number of fused-ring (bicyclic) bond motifs is 1. The summed E-state index contributed by atoms with van der Waals surface area (Å²) in [7, 11) is 1.58. The minimum absolute atomic E-state index is 0.192. The lowest BCUT2D eigenvalue weighted by atomic mass is 10.1. The van der Waals surface area contributed by atoms with E-state index in [0.717, 1.165) is 27.8 Å². The van der Waals surface area contributed by atoms with Crippen LogP contribution in [0.15, 0.2) is 78.9 Å². The first-order valence-corrected chi connectivity index (χ1v) is 10.7. The zero-order chi connectivity index (χ0) is 23.2. The summed E-state index contributed by atoms with van der Waals surface area (Å²) in [6.07, 6.45) is 0. The fourth-order valence-electron chi connectivity index (χ4n) is 3.53. The van der Waals surface area contributed by atoms with Gasteiger partial charge in [0.25, 0.3) is 5.91 Å². The van der Waals surface area contributed by atoms with Gasteiger partial charge in [-0.1, -0.05) is 42.5 Å². The number of rotatable bonds is 7. The molecule has 7 nitrogen and oxygen atoms in total. The van der Waals surface area contributed by atoms with Crippen LogP contribution in [0.4, 0.5) is 10.5 Å². The number of carbonyl (C=O) groups excluding carboxylic acids is 2. The Labute approximate surface area is 192 Å². The highest BCUT2D eigenvalue weighted by Gasteiger charge is 2.12. The zero-order valence-electron chi connectivity index (χ0n) is 18.5. The number of hydrogen-bond donors (Lipinski definition) is 4. The molecule has 1 heterocycles. The summed E-state index contributed by atoms with van der Waals surface area (Å²) in [6, 6.07) is 24.3. The van der Waals surface area contributed by atoms with Crippen LogP contribution in [0.3, 0.4) is 0 Å². The number of nitrogens with one attached hydrogen (secondary N) is 4. The van der Waals surface area contributed by atoms with Crippen molar-refractivity contribution in [1.82, 2.24) is 15.6 Å². The number of aromatic nitrogens is 1. The Hall–Kier alpha value is -4.26. The van der Waals surface area contributed by atoms with Crippen LogP contribution in [0.5, 0.6) is 5.75 Å². The Bertz CT molecular complexity index is 1270. The van der Waals surface area contributed by atoms with Gasteiger partial charge in [-0.2, -0.15) is 0 Å². The Morgan fingerprint density at radius 2 is 1.79 bits per heavy atom. The Morgan fingerprint density at radius 3 is 2.58 bits per heavy atom. The predicted molar refractivity (Wildman–Crippen MR) is 129 cm³/mol. The minimum Gasteiger partial charge on any atom is -0.489 e. The average molecular weight is 443 g/mol. The lowest BCUT2D eigenvalue weighted by molar-refractivity contribution is 0.0959. The molecule has 0 bridgehead atoms. The fourth-order valence-corrected chi connectivity index (χ4v) is 3.53. The van der Waals surface area contributed by atoms with Gasteiger partial charge in [0.1, 0.15) is 18.1 Å². The maximum atomic E-state index is 12.6. The summed E-state index contributed by atoms with van der Waals surface area (Å²) in [4.78, 5) is 27.4. The van der Waals surface area contributed by atoms with Gasteiger partial charge in [0.05, 0.1) is 6.04 Å². The number of anilines is 1. The van der Waals surface area contributed by atoms with Gasteiger partial charge >= 0.3 is 6.03 Å². The largest absolute Gasteiger partial charge is 0.489 e. The van der Waals surface area contributed by atoms with Crippen LogP contribution in [0.2, 0.25) is 0 Å². The van der Waals surface area contributed by atoms with E-state index in [1.165, 1.54) is 0 Å². The standard InChI is InChI=1S/C26H26N4O3/c1-17(19-9-6-10-22(14-19)33-16-18-7-4-3-5-8-18)28-26(32)29-21-11-12-23-20(13-21)15-24(30-23)25(31)27-2/h3-15,17,30H,16H2,1-2H3,(H,27,31)(H2,28,29,32)/t17-/m1/s1. The third kappa shape index (κ3) is 5.51. The summed E-state index contributed by atoms with van der Waals surface area (Å²) in [5.41, 5.74) is 3.95. The van der Waals surface area contributed by atoms with E-state index in [1.807, 2.05) is 73.7 Å².